The molecule has 2 aromatic rings. The second kappa shape index (κ2) is 7.79. The minimum absolute atomic E-state index is 0.118. The van der Waals surface area contributed by atoms with Crippen LogP contribution in [0.5, 0.6) is 0 Å². The van der Waals surface area contributed by atoms with E-state index in [0.717, 1.165) is 5.56 Å². The first-order chi connectivity index (χ1) is 11.0. The maximum atomic E-state index is 12.1. The molecule has 1 unspecified atom stereocenters. The van der Waals surface area contributed by atoms with E-state index in [0.29, 0.717) is 17.0 Å². The largest absolute Gasteiger partial charge is 0.478 e. The van der Waals surface area contributed by atoms with E-state index >= 15 is 0 Å². The first-order valence-electron chi connectivity index (χ1n) is 7.33. The predicted molar refractivity (Wildman–Crippen MR) is 89.7 cm³/mol. The summed E-state index contributed by atoms with van der Waals surface area (Å²) in [5.41, 5.74) is 1.87. The van der Waals surface area contributed by atoms with E-state index in [2.05, 4.69) is 5.32 Å². The van der Waals surface area contributed by atoms with Gasteiger partial charge in [0.15, 0.2) is 0 Å². The lowest BCUT2D eigenvalue weighted by Crippen LogP contribution is -2.26. The van der Waals surface area contributed by atoms with Crippen molar-refractivity contribution in [3.63, 3.8) is 0 Å². The van der Waals surface area contributed by atoms with Gasteiger partial charge in [-0.3, -0.25) is 4.79 Å². The normalized spacial score (nSPS) is 11.7. The van der Waals surface area contributed by atoms with Crippen LogP contribution in [-0.4, -0.2) is 17.0 Å². The van der Waals surface area contributed by atoms with Crippen LogP contribution < -0.4 is 5.32 Å². The lowest BCUT2D eigenvalue weighted by atomic mass is 10.0. The SMILES string of the molecule is CC(NC(=O)CCc1ccccc1C(=O)O)c1ccc(Cl)cc1. The van der Waals surface area contributed by atoms with Gasteiger partial charge < -0.3 is 10.4 Å². The monoisotopic (exact) mass is 331 g/mol. The number of aryl methyl sites for hydroxylation is 1. The van der Waals surface area contributed by atoms with Crippen molar-refractivity contribution in [3.05, 3.63) is 70.2 Å². The van der Waals surface area contributed by atoms with Crippen LogP contribution in [-0.2, 0) is 11.2 Å². The van der Waals surface area contributed by atoms with Crippen LogP contribution in [0.2, 0.25) is 5.02 Å². The molecule has 1 amide bonds. The molecule has 0 spiro atoms. The zero-order chi connectivity index (χ0) is 16.8. The first-order valence-corrected chi connectivity index (χ1v) is 7.71. The molecule has 0 saturated carbocycles. The van der Waals surface area contributed by atoms with E-state index in [1.807, 2.05) is 19.1 Å². The Morgan fingerprint density at radius 2 is 1.78 bits per heavy atom. The molecule has 2 rings (SSSR count). The van der Waals surface area contributed by atoms with Crippen molar-refractivity contribution in [2.24, 2.45) is 0 Å². The molecule has 0 aliphatic rings. The van der Waals surface area contributed by atoms with Gasteiger partial charge in [-0.05, 0) is 42.7 Å². The van der Waals surface area contributed by atoms with Gasteiger partial charge in [-0.15, -0.1) is 0 Å². The smallest absolute Gasteiger partial charge is 0.335 e. The van der Waals surface area contributed by atoms with Gasteiger partial charge in [-0.2, -0.15) is 0 Å². The van der Waals surface area contributed by atoms with Gasteiger partial charge >= 0.3 is 5.97 Å². The fourth-order valence-corrected chi connectivity index (χ4v) is 2.47. The highest BCUT2D eigenvalue weighted by Gasteiger charge is 2.13. The summed E-state index contributed by atoms with van der Waals surface area (Å²) < 4.78 is 0. The minimum atomic E-state index is -0.976. The number of halogens is 1. The molecule has 0 radical (unpaired) electrons. The molecule has 120 valence electrons. The summed E-state index contributed by atoms with van der Waals surface area (Å²) in [6.45, 7) is 1.90. The van der Waals surface area contributed by atoms with Gasteiger partial charge in [0.25, 0.3) is 0 Å². The van der Waals surface area contributed by atoms with Crippen LogP contribution in [0.25, 0.3) is 0 Å². The van der Waals surface area contributed by atoms with Crippen molar-refractivity contribution in [3.8, 4) is 0 Å². The van der Waals surface area contributed by atoms with Gasteiger partial charge in [0.1, 0.15) is 0 Å². The van der Waals surface area contributed by atoms with Crippen molar-refractivity contribution in [1.29, 1.82) is 0 Å². The van der Waals surface area contributed by atoms with Crippen molar-refractivity contribution in [2.45, 2.75) is 25.8 Å². The molecule has 0 aliphatic heterocycles. The first kappa shape index (κ1) is 17.0. The van der Waals surface area contributed by atoms with E-state index < -0.39 is 5.97 Å². The molecule has 23 heavy (non-hydrogen) atoms. The molecule has 1 atom stereocenters. The van der Waals surface area contributed by atoms with E-state index in [9.17, 15) is 9.59 Å². The quantitative estimate of drug-likeness (QED) is 0.845. The van der Waals surface area contributed by atoms with E-state index in [4.69, 9.17) is 16.7 Å². The number of carboxylic acid groups (broad SMARTS) is 1. The number of hydrogen-bond acceptors (Lipinski definition) is 2. The summed E-state index contributed by atoms with van der Waals surface area (Å²) >= 11 is 5.84. The molecule has 0 saturated heterocycles. The number of amides is 1. The summed E-state index contributed by atoms with van der Waals surface area (Å²) in [5.74, 6) is -1.09. The lowest BCUT2D eigenvalue weighted by Gasteiger charge is -2.14. The van der Waals surface area contributed by atoms with E-state index in [1.54, 1.807) is 36.4 Å². The fourth-order valence-electron chi connectivity index (χ4n) is 2.34. The van der Waals surface area contributed by atoms with Gasteiger partial charge in [0.05, 0.1) is 11.6 Å². The summed E-state index contributed by atoms with van der Waals surface area (Å²) in [7, 11) is 0. The van der Waals surface area contributed by atoms with Gasteiger partial charge in [-0.1, -0.05) is 41.9 Å². The van der Waals surface area contributed by atoms with E-state index in [-0.39, 0.29) is 23.9 Å². The number of nitrogens with one attached hydrogen (secondary N) is 1. The molecule has 0 heterocycles. The zero-order valence-corrected chi connectivity index (χ0v) is 13.5. The predicted octanol–water partition coefficient (Wildman–Crippen LogP) is 3.85. The van der Waals surface area contributed by atoms with Gasteiger partial charge in [0.2, 0.25) is 5.91 Å². The molecule has 2 aromatic carbocycles. The third kappa shape index (κ3) is 4.83. The Balaban J connectivity index is 1.93. The number of carbonyl (C=O) groups is 2. The Morgan fingerprint density at radius 3 is 2.43 bits per heavy atom. The zero-order valence-electron chi connectivity index (χ0n) is 12.8. The third-order valence-electron chi connectivity index (χ3n) is 3.62. The Morgan fingerprint density at radius 1 is 1.13 bits per heavy atom. The summed E-state index contributed by atoms with van der Waals surface area (Å²) in [5, 5.41) is 12.7. The molecule has 0 fully saturated rings. The Bertz CT molecular complexity index is 698. The highest BCUT2D eigenvalue weighted by molar-refractivity contribution is 6.30. The number of rotatable bonds is 6. The van der Waals surface area contributed by atoms with Crippen LogP contribution in [0, 0.1) is 0 Å². The van der Waals surface area contributed by atoms with Gasteiger partial charge in [-0.25, -0.2) is 4.79 Å². The summed E-state index contributed by atoms with van der Waals surface area (Å²) in [6, 6.07) is 13.9. The molecular formula is C18H18ClNO3. The molecule has 5 heteroatoms. The number of hydrogen-bond donors (Lipinski definition) is 2. The number of carbonyl (C=O) groups excluding carboxylic acids is 1. The third-order valence-corrected chi connectivity index (χ3v) is 3.87. The van der Waals surface area contributed by atoms with Crippen LogP contribution >= 0.6 is 11.6 Å². The standard InChI is InChI=1S/C18H18ClNO3/c1-12(13-6-9-15(19)10-7-13)20-17(21)11-8-14-4-2-3-5-16(14)18(22)23/h2-7,9-10,12H,8,11H2,1H3,(H,20,21)(H,22,23). The molecular weight excluding hydrogens is 314 g/mol. The van der Waals surface area contributed by atoms with Crippen molar-refractivity contribution < 1.29 is 14.7 Å². The molecule has 0 aromatic heterocycles. The summed E-state index contributed by atoms with van der Waals surface area (Å²) in [4.78, 5) is 23.2. The Kier molecular flexibility index (Phi) is 5.77. The maximum absolute atomic E-state index is 12.1. The highest BCUT2D eigenvalue weighted by atomic mass is 35.5. The van der Waals surface area contributed by atoms with Crippen molar-refractivity contribution >= 4 is 23.5 Å². The molecule has 4 nitrogen and oxygen atoms in total. The maximum Gasteiger partial charge on any atom is 0.335 e. The number of benzene rings is 2. The second-order valence-electron chi connectivity index (χ2n) is 5.30. The van der Waals surface area contributed by atoms with Crippen LogP contribution in [0.3, 0.4) is 0 Å². The van der Waals surface area contributed by atoms with Crippen LogP contribution in [0.1, 0.15) is 40.9 Å². The van der Waals surface area contributed by atoms with Crippen LogP contribution in [0.4, 0.5) is 0 Å². The topological polar surface area (TPSA) is 66.4 Å². The van der Waals surface area contributed by atoms with Gasteiger partial charge in [0, 0.05) is 11.4 Å². The average Bonchev–Trinajstić information content (AvgIpc) is 2.53. The fraction of sp³-hybridized carbons (Fsp3) is 0.222. The average molecular weight is 332 g/mol. The molecule has 0 aliphatic carbocycles. The Hall–Kier alpha value is -2.33. The van der Waals surface area contributed by atoms with Crippen molar-refractivity contribution in [2.75, 3.05) is 0 Å². The molecule has 2 N–H and O–H groups in total. The Labute approximate surface area is 140 Å². The number of aromatic carboxylic acids is 1. The van der Waals surface area contributed by atoms with Crippen LogP contribution in [0.15, 0.2) is 48.5 Å². The number of carboxylic acids is 1. The second-order valence-corrected chi connectivity index (χ2v) is 5.74. The minimum Gasteiger partial charge on any atom is -0.478 e. The lowest BCUT2D eigenvalue weighted by molar-refractivity contribution is -0.121. The molecule has 0 bridgehead atoms. The summed E-state index contributed by atoms with van der Waals surface area (Å²) in [6.07, 6.45) is 0.629. The van der Waals surface area contributed by atoms with Crippen molar-refractivity contribution in [1.82, 2.24) is 5.32 Å². The highest BCUT2D eigenvalue weighted by Crippen LogP contribution is 2.16. The van der Waals surface area contributed by atoms with E-state index in [1.165, 1.54) is 0 Å².